The zero-order chi connectivity index (χ0) is 14.7. The van der Waals surface area contributed by atoms with Gasteiger partial charge in [0.05, 0.1) is 27.6 Å². The highest BCUT2D eigenvalue weighted by atomic mass is 35.5. The number of nitrogens with one attached hydrogen (secondary N) is 1. The van der Waals surface area contributed by atoms with E-state index in [4.69, 9.17) is 17.3 Å². The molecule has 2 aromatic rings. The number of hydrogen-bond acceptors (Lipinski definition) is 3. The summed E-state index contributed by atoms with van der Waals surface area (Å²) in [5, 5.41) is 3.23. The molecule has 0 saturated carbocycles. The van der Waals surface area contributed by atoms with Crippen LogP contribution in [0.5, 0.6) is 0 Å². The molecule has 0 aliphatic heterocycles. The van der Waals surface area contributed by atoms with E-state index in [1.165, 1.54) is 0 Å². The SMILES string of the molecule is CN(C)c1ccccc1NC(=O)c1cccc(Cl)c1N. The van der Waals surface area contributed by atoms with E-state index in [0.717, 1.165) is 11.4 Å². The molecular weight excluding hydrogens is 274 g/mol. The molecule has 104 valence electrons. The molecule has 5 heteroatoms. The molecule has 0 radical (unpaired) electrons. The second-order valence-electron chi connectivity index (χ2n) is 4.57. The molecule has 4 nitrogen and oxygen atoms in total. The summed E-state index contributed by atoms with van der Waals surface area (Å²) in [5.41, 5.74) is 8.13. The Morgan fingerprint density at radius 1 is 1.15 bits per heavy atom. The van der Waals surface area contributed by atoms with Crippen LogP contribution >= 0.6 is 11.6 Å². The highest BCUT2D eigenvalue weighted by Gasteiger charge is 2.13. The predicted octanol–water partition coefficient (Wildman–Crippen LogP) is 3.24. The van der Waals surface area contributed by atoms with E-state index in [1.807, 2.05) is 43.3 Å². The maximum atomic E-state index is 12.3. The Morgan fingerprint density at radius 3 is 2.55 bits per heavy atom. The van der Waals surface area contributed by atoms with Crippen LogP contribution in [0.2, 0.25) is 5.02 Å². The first-order chi connectivity index (χ1) is 9.50. The average Bonchev–Trinajstić information content (AvgIpc) is 2.42. The summed E-state index contributed by atoms with van der Waals surface area (Å²) >= 11 is 5.93. The van der Waals surface area contributed by atoms with Crippen molar-refractivity contribution < 1.29 is 4.79 Å². The monoisotopic (exact) mass is 289 g/mol. The summed E-state index contributed by atoms with van der Waals surface area (Å²) < 4.78 is 0. The van der Waals surface area contributed by atoms with E-state index in [-0.39, 0.29) is 11.6 Å². The number of halogens is 1. The first-order valence-corrected chi connectivity index (χ1v) is 6.50. The van der Waals surface area contributed by atoms with Crippen molar-refractivity contribution in [1.82, 2.24) is 0 Å². The Labute approximate surface area is 123 Å². The fourth-order valence-electron chi connectivity index (χ4n) is 1.89. The Hall–Kier alpha value is -2.20. The number of para-hydroxylation sites is 3. The lowest BCUT2D eigenvalue weighted by Crippen LogP contribution is -2.17. The van der Waals surface area contributed by atoms with Gasteiger partial charge in [0.25, 0.3) is 5.91 Å². The fourth-order valence-corrected chi connectivity index (χ4v) is 2.07. The van der Waals surface area contributed by atoms with Crippen LogP contribution in [0, 0.1) is 0 Å². The fraction of sp³-hybridized carbons (Fsp3) is 0.133. The number of carbonyl (C=O) groups is 1. The van der Waals surface area contributed by atoms with Gasteiger partial charge in [-0.05, 0) is 24.3 Å². The Bertz CT molecular complexity index is 641. The highest BCUT2D eigenvalue weighted by molar-refractivity contribution is 6.34. The predicted molar refractivity (Wildman–Crippen MR) is 84.6 cm³/mol. The third kappa shape index (κ3) is 2.86. The van der Waals surface area contributed by atoms with Crippen LogP contribution in [0.3, 0.4) is 0 Å². The lowest BCUT2D eigenvalue weighted by molar-refractivity contribution is 0.102. The molecule has 0 heterocycles. The van der Waals surface area contributed by atoms with E-state index < -0.39 is 0 Å². The van der Waals surface area contributed by atoms with Gasteiger partial charge in [-0.25, -0.2) is 0 Å². The Kier molecular flexibility index (Phi) is 4.15. The molecule has 2 rings (SSSR count). The van der Waals surface area contributed by atoms with Crippen molar-refractivity contribution in [2.75, 3.05) is 30.0 Å². The van der Waals surface area contributed by atoms with Crippen LogP contribution in [0.1, 0.15) is 10.4 Å². The topological polar surface area (TPSA) is 58.4 Å². The van der Waals surface area contributed by atoms with E-state index >= 15 is 0 Å². The molecule has 0 unspecified atom stereocenters. The number of amides is 1. The molecular formula is C15H16ClN3O. The number of carbonyl (C=O) groups excluding carboxylic acids is 1. The first-order valence-electron chi connectivity index (χ1n) is 6.12. The summed E-state index contributed by atoms with van der Waals surface area (Å²) in [6.07, 6.45) is 0. The average molecular weight is 290 g/mol. The minimum atomic E-state index is -0.278. The summed E-state index contributed by atoms with van der Waals surface area (Å²) in [5.74, 6) is -0.278. The zero-order valence-electron chi connectivity index (χ0n) is 11.4. The Morgan fingerprint density at radius 2 is 1.85 bits per heavy atom. The van der Waals surface area contributed by atoms with E-state index in [2.05, 4.69) is 5.32 Å². The number of nitrogens with two attached hydrogens (primary N) is 1. The summed E-state index contributed by atoms with van der Waals surface area (Å²) in [7, 11) is 3.83. The van der Waals surface area contributed by atoms with Crippen molar-refractivity contribution in [2.24, 2.45) is 0 Å². The van der Waals surface area contributed by atoms with Gasteiger partial charge in [-0.3, -0.25) is 4.79 Å². The summed E-state index contributed by atoms with van der Waals surface area (Å²) in [6.45, 7) is 0. The van der Waals surface area contributed by atoms with Gasteiger partial charge in [-0.1, -0.05) is 29.8 Å². The van der Waals surface area contributed by atoms with Crippen molar-refractivity contribution in [2.45, 2.75) is 0 Å². The number of benzene rings is 2. The molecule has 2 aromatic carbocycles. The number of nitrogen functional groups attached to an aromatic ring is 1. The molecule has 0 aliphatic rings. The van der Waals surface area contributed by atoms with E-state index in [0.29, 0.717) is 10.6 Å². The van der Waals surface area contributed by atoms with E-state index in [9.17, 15) is 4.79 Å². The van der Waals surface area contributed by atoms with Crippen LogP contribution in [0.25, 0.3) is 0 Å². The van der Waals surface area contributed by atoms with Crippen LogP contribution in [0.4, 0.5) is 17.1 Å². The van der Waals surface area contributed by atoms with Crippen molar-refractivity contribution in [3.8, 4) is 0 Å². The first kappa shape index (κ1) is 14.2. The highest BCUT2D eigenvalue weighted by Crippen LogP contribution is 2.26. The minimum absolute atomic E-state index is 0.278. The molecule has 0 aromatic heterocycles. The number of hydrogen-bond donors (Lipinski definition) is 2. The third-order valence-electron chi connectivity index (χ3n) is 2.93. The number of anilines is 3. The van der Waals surface area contributed by atoms with Gasteiger partial charge in [0.1, 0.15) is 0 Å². The Balaban J connectivity index is 2.31. The molecule has 0 atom stereocenters. The summed E-state index contributed by atoms with van der Waals surface area (Å²) in [6, 6.07) is 12.6. The molecule has 0 saturated heterocycles. The van der Waals surface area contributed by atoms with Crippen LogP contribution < -0.4 is 16.0 Å². The lowest BCUT2D eigenvalue weighted by atomic mass is 10.1. The van der Waals surface area contributed by atoms with Crippen LogP contribution in [-0.4, -0.2) is 20.0 Å². The van der Waals surface area contributed by atoms with Gasteiger partial charge in [0.15, 0.2) is 0 Å². The second kappa shape index (κ2) is 5.84. The second-order valence-corrected chi connectivity index (χ2v) is 4.97. The molecule has 0 spiro atoms. The van der Waals surface area contributed by atoms with Crippen LogP contribution in [0.15, 0.2) is 42.5 Å². The smallest absolute Gasteiger partial charge is 0.257 e. The molecule has 20 heavy (non-hydrogen) atoms. The largest absolute Gasteiger partial charge is 0.397 e. The summed E-state index contributed by atoms with van der Waals surface area (Å²) in [4.78, 5) is 14.2. The van der Waals surface area contributed by atoms with Gasteiger partial charge in [0.2, 0.25) is 0 Å². The molecule has 3 N–H and O–H groups in total. The normalized spacial score (nSPS) is 10.2. The number of nitrogens with zero attached hydrogens (tertiary/aromatic N) is 1. The number of rotatable bonds is 3. The van der Waals surface area contributed by atoms with Gasteiger partial charge in [0, 0.05) is 14.1 Å². The zero-order valence-corrected chi connectivity index (χ0v) is 12.1. The van der Waals surface area contributed by atoms with Gasteiger partial charge in [-0.2, -0.15) is 0 Å². The van der Waals surface area contributed by atoms with Crippen molar-refractivity contribution in [1.29, 1.82) is 0 Å². The minimum Gasteiger partial charge on any atom is -0.397 e. The maximum absolute atomic E-state index is 12.3. The van der Waals surface area contributed by atoms with Crippen LogP contribution in [-0.2, 0) is 0 Å². The molecule has 0 fully saturated rings. The molecule has 0 aliphatic carbocycles. The van der Waals surface area contributed by atoms with Gasteiger partial charge < -0.3 is 16.0 Å². The van der Waals surface area contributed by atoms with Crippen molar-refractivity contribution >= 4 is 34.6 Å². The molecule has 0 bridgehead atoms. The van der Waals surface area contributed by atoms with Gasteiger partial charge >= 0.3 is 0 Å². The third-order valence-corrected chi connectivity index (χ3v) is 3.26. The van der Waals surface area contributed by atoms with Gasteiger partial charge in [-0.15, -0.1) is 0 Å². The maximum Gasteiger partial charge on any atom is 0.257 e. The van der Waals surface area contributed by atoms with E-state index in [1.54, 1.807) is 18.2 Å². The quantitative estimate of drug-likeness (QED) is 0.853. The van der Waals surface area contributed by atoms with Crippen molar-refractivity contribution in [3.63, 3.8) is 0 Å². The standard InChI is InChI=1S/C15H16ClN3O/c1-19(2)13-9-4-3-8-12(13)18-15(20)10-6-5-7-11(16)14(10)17/h3-9H,17H2,1-2H3,(H,18,20). The van der Waals surface area contributed by atoms with Crippen molar-refractivity contribution in [3.05, 3.63) is 53.1 Å². The lowest BCUT2D eigenvalue weighted by Gasteiger charge is -2.18. The molecule has 1 amide bonds.